The number of rotatable bonds is 7. The SMILES string of the molecule is CCOc1cc(C(=O)Nc2nc3ccccc3[nH]2)ccc1OCc1cccnc1. The van der Waals surface area contributed by atoms with E-state index in [1.54, 1.807) is 30.6 Å². The number of carbonyl (C=O) groups is 1. The average molecular weight is 388 g/mol. The number of carbonyl (C=O) groups excluding carboxylic acids is 1. The van der Waals surface area contributed by atoms with Gasteiger partial charge in [0.15, 0.2) is 11.5 Å². The Bertz CT molecular complexity index is 1090. The van der Waals surface area contributed by atoms with Gasteiger partial charge in [0.2, 0.25) is 5.95 Å². The maximum Gasteiger partial charge on any atom is 0.258 e. The van der Waals surface area contributed by atoms with Crippen molar-refractivity contribution >= 4 is 22.9 Å². The van der Waals surface area contributed by atoms with E-state index in [2.05, 4.69) is 20.3 Å². The van der Waals surface area contributed by atoms with Gasteiger partial charge < -0.3 is 14.5 Å². The lowest BCUT2D eigenvalue weighted by atomic mass is 10.2. The van der Waals surface area contributed by atoms with Crippen LogP contribution in [0.1, 0.15) is 22.8 Å². The number of hydrogen-bond acceptors (Lipinski definition) is 5. The predicted octanol–water partition coefficient (Wildman–Crippen LogP) is 4.19. The fourth-order valence-corrected chi connectivity index (χ4v) is 2.87. The molecular weight excluding hydrogens is 368 g/mol. The van der Waals surface area contributed by atoms with Crippen LogP contribution in [0.15, 0.2) is 67.0 Å². The summed E-state index contributed by atoms with van der Waals surface area (Å²) < 4.78 is 11.5. The number of nitrogens with one attached hydrogen (secondary N) is 2. The molecule has 0 unspecified atom stereocenters. The van der Waals surface area contributed by atoms with E-state index in [1.165, 1.54) is 0 Å². The Morgan fingerprint density at radius 3 is 2.76 bits per heavy atom. The highest BCUT2D eigenvalue weighted by Crippen LogP contribution is 2.29. The standard InChI is InChI=1S/C22H20N4O3/c1-2-28-20-12-16(9-10-19(20)29-14-15-6-5-11-23-13-15)21(27)26-22-24-17-7-3-4-8-18(17)25-22/h3-13H,2,14H2,1H3,(H2,24,25,26,27). The van der Waals surface area contributed by atoms with Gasteiger partial charge in [-0.05, 0) is 43.3 Å². The molecule has 0 fully saturated rings. The third-order valence-electron chi connectivity index (χ3n) is 4.24. The van der Waals surface area contributed by atoms with Crippen LogP contribution in [-0.4, -0.2) is 27.5 Å². The van der Waals surface area contributed by atoms with E-state index in [0.717, 1.165) is 16.6 Å². The molecule has 7 heteroatoms. The van der Waals surface area contributed by atoms with Crippen molar-refractivity contribution in [3.63, 3.8) is 0 Å². The van der Waals surface area contributed by atoms with Gasteiger partial charge in [-0.15, -0.1) is 0 Å². The minimum Gasteiger partial charge on any atom is -0.490 e. The Morgan fingerprint density at radius 2 is 1.97 bits per heavy atom. The van der Waals surface area contributed by atoms with Crippen LogP contribution in [0.3, 0.4) is 0 Å². The van der Waals surface area contributed by atoms with E-state index in [9.17, 15) is 4.79 Å². The molecule has 2 aromatic carbocycles. The number of amides is 1. The summed E-state index contributed by atoms with van der Waals surface area (Å²) in [7, 11) is 0. The molecule has 0 bridgehead atoms. The molecule has 0 atom stereocenters. The number of H-pyrrole nitrogens is 1. The lowest BCUT2D eigenvalue weighted by Crippen LogP contribution is -2.13. The number of imidazole rings is 1. The minimum atomic E-state index is -0.288. The Balaban J connectivity index is 1.50. The molecule has 0 aliphatic rings. The first-order chi connectivity index (χ1) is 14.2. The topological polar surface area (TPSA) is 89.1 Å². The molecule has 4 aromatic rings. The molecule has 0 saturated carbocycles. The Labute approximate surface area is 167 Å². The van der Waals surface area contributed by atoms with Gasteiger partial charge >= 0.3 is 0 Å². The largest absolute Gasteiger partial charge is 0.490 e. The Kier molecular flexibility index (Phi) is 5.38. The molecule has 2 N–H and O–H groups in total. The number of ether oxygens (including phenoxy) is 2. The Hall–Kier alpha value is -3.87. The molecule has 0 aliphatic heterocycles. The van der Waals surface area contributed by atoms with Crippen LogP contribution < -0.4 is 14.8 Å². The Morgan fingerprint density at radius 1 is 1.07 bits per heavy atom. The molecule has 2 heterocycles. The van der Waals surface area contributed by atoms with Crippen molar-refractivity contribution in [1.29, 1.82) is 0 Å². The van der Waals surface area contributed by atoms with Crippen molar-refractivity contribution in [1.82, 2.24) is 15.0 Å². The number of aromatic nitrogens is 3. The fraction of sp³-hybridized carbons (Fsp3) is 0.136. The molecular formula is C22H20N4O3. The van der Waals surface area contributed by atoms with Gasteiger partial charge in [0.25, 0.3) is 5.91 Å². The molecule has 0 saturated heterocycles. The quantitative estimate of drug-likeness (QED) is 0.496. The van der Waals surface area contributed by atoms with Gasteiger partial charge in [-0.2, -0.15) is 0 Å². The second-order valence-electron chi connectivity index (χ2n) is 6.30. The summed E-state index contributed by atoms with van der Waals surface area (Å²) in [5.74, 6) is 1.18. The van der Waals surface area contributed by atoms with E-state index >= 15 is 0 Å². The zero-order chi connectivity index (χ0) is 20.1. The van der Waals surface area contributed by atoms with Crippen LogP contribution in [0.25, 0.3) is 11.0 Å². The van der Waals surface area contributed by atoms with E-state index in [1.807, 2.05) is 43.3 Å². The van der Waals surface area contributed by atoms with Crippen LogP contribution >= 0.6 is 0 Å². The minimum absolute atomic E-state index is 0.288. The van der Waals surface area contributed by atoms with Crippen molar-refractivity contribution in [3.05, 3.63) is 78.1 Å². The molecule has 0 aliphatic carbocycles. The second kappa shape index (κ2) is 8.43. The summed E-state index contributed by atoms with van der Waals surface area (Å²) in [5.41, 5.74) is 3.04. The normalized spacial score (nSPS) is 10.7. The van der Waals surface area contributed by atoms with Crippen LogP contribution in [0.5, 0.6) is 11.5 Å². The zero-order valence-electron chi connectivity index (χ0n) is 15.9. The number of pyridine rings is 1. The first kappa shape index (κ1) is 18.5. The summed E-state index contributed by atoms with van der Waals surface area (Å²) in [6.45, 7) is 2.70. The average Bonchev–Trinajstić information content (AvgIpc) is 3.16. The van der Waals surface area contributed by atoms with Crippen LogP contribution in [0.2, 0.25) is 0 Å². The first-order valence-corrected chi connectivity index (χ1v) is 9.27. The van der Waals surface area contributed by atoms with E-state index in [-0.39, 0.29) is 5.91 Å². The number of aromatic amines is 1. The van der Waals surface area contributed by atoms with Crippen molar-refractivity contribution in [2.45, 2.75) is 13.5 Å². The van der Waals surface area contributed by atoms with Crippen LogP contribution in [-0.2, 0) is 6.61 Å². The summed E-state index contributed by atoms with van der Waals surface area (Å²) in [6, 6.07) is 16.5. The second-order valence-corrected chi connectivity index (χ2v) is 6.30. The number of fused-ring (bicyclic) bond motifs is 1. The fourth-order valence-electron chi connectivity index (χ4n) is 2.87. The third-order valence-corrected chi connectivity index (χ3v) is 4.24. The van der Waals surface area contributed by atoms with Gasteiger partial charge in [0.05, 0.1) is 17.6 Å². The van der Waals surface area contributed by atoms with Crippen molar-refractivity contribution in [2.24, 2.45) is 0 Å². The third kappa shape index (κ3) is 4.35. The lowest BCUT2D eigenvalue weighted by molar-refractivity contribution is 0.102. The number of para-hydroxylation sites is 2. The van der Waals surface area contributed by atoms with Crippen LogP contribution in [0.4, 0.5) is 5.95 Å². The molecule has 2 aromatic heterocycles. The maximum atomic E-state index is 12.7. The number of nitrogens with zero attached hydrogens (tertiary/aromatic N) is 2. The molecule has 1 amide bonds. The predicted molar refractivity (Wildman–Crippen MR) is 110 cm³/mol. The molecule has 7 nitrogen and oxygen atoms in total. The summed E-state index contributed by atoms with van der Waals surface area (Å²) >= 11 is 0. The van der Waals surface area contributed by atoms with E-state index in [4.69, 9.17) is 9.47 Å². The zero-order valence-corrected chi connectivity index (χ0v) is 15.9. The van der Waals surface area contributed by atoms with E-state index in [0.29, 0.717) is 36.2 Å². The van der Waals surface area contributed by atoms with Crippen LogP contribution in [0, 0.1) is 0 Å². The monoisotopic (exact) mass is 388 g/mol. The molecule has 4 rings (SSSR count). The lowest BCUT2D eigenvalue weighted by Gasteiger charge is -2.13. The number of benzene rings is 2. The smallest absolute Gasteiger partial charge is 0.258 e. The summed E-state index contributed by atoms with van der Waals surface area (Å²) in [6.07, 6.45) is 3.46. The highest BCUT2D eigenvalue weighted by molar-refractivity contribution is 6.04. The highest BCUT2D eigenvalue weighted by Gasteiger charge is 2.14. The van der Waals surface area contributed by atoms with Crippen molar-refractivity contribution in [3.8, 4) is 11.5 Å². The maximum absolute atomic E-state index is 12.7. The first-order valence-electron chi connectivity index (χ1n) is 9.27. The molecule has 0 spiro atoms. The van der Waals surface area contributed by atoms with Gasteiger partial charge in [0, 0.05) is 23.5 Å². The van der Waals surface area contributed by atoms with Crippen molar-refractivity contribution in [2.75, 3.05) is 11.9 Å². The van der Waals surface area contributed by atoms with Gasteiger partial charge in [-0.25, -0.2) is 4.98 Å². The summed E-state index contributed by atoms with van der Waals surface area (Å²) in [5, 5.41) is 2.78. The number of hydrogen-bond donors (Lipinski definition) is 2. The summed E-state index contributed by atoms with van der Waals surface area (Å²) in [4.78, 5) is 24.2. The van der Waals surface area contributed by atoms with E-state index < -0.39 is 0 Å². The molecule has 146 valence electrons. The van der Waals surface area contributed by atoms with Gasteiger partial charge in [0.1, 0.15) is 6.61 Å². The molecule has 0 radical (unpaired) electrons. The molecule has 29 heavy (non-hydrogen) atoms. The van der Waals surface area contributed by atoms with Gasteiger partial charge in [-0.3, -0.25) is 15.1 Å². The number of anilines is 1. The highest BCUT2D eigenvalue weighted by atomic mass is 16.5. The van der Waals surface area contributed by atoms with Gasteiger partial charge in [-0.1, -0.05) is 18.2 Å². The van der Waals surface area contributed by atoms with Crippen molar-refractivity contribution < 1.29 is 14.3 Å².